The number of rotatable bonds is 8. The van der Waals surface area contributed by atoms with Crippen LogP contribution in [0.15, 0.2) is 30.5 Å². The number of nitrogens with one attached hydrogen (secondary N) is 2. The van der Waals surface area contributed by atoms with E-state index in [2.05, 4.69) is 20.6 Å². The van der Waals surface area contributed by atoms with E-state index in [0.29, 0.717) is 47.3 Å². The Morgan fingerprint density at radius 2 is 2.00 bits per heavy atom. The van der Waals surface area contributed by atoms with Crippen LogP contribution in [0.5, 0.6) is 0 Å². The van der Waals surface area contributed by atoms with Crippen molar-refractivity contribution in [3.8, 4) is 10.6 Å². The summed E-state index contributed by atoms with van der Waals surface area (Å²) in [5.41, 5.74) is 1.33. The van der Waals surface area contributed by atoms with Crippen molar-refractivity contribution in [2.75, 3.05) is 25.0 Å². The van der Waals surface area contributed by atoms with E-state index in [-0.39, 0.29) is 5.91 Å². The van der Waals surface area contributed by atoms with E-state index in [4.69, 9.17) is 16.7 Å². The molecule has 2 amide bonds. The van der Waals surface area contributed by atoms with E-state index >= 15 is 0 Å². The third-order valence-electron chi connectivity index (χ3n) is 6.65. The minimum absolute atomic E-state index is 0.0350. The first kappa shape index (κ1) is 23.8. The minimum atomic E-state index is -0.822. The Morgan fingerprint density at radius 1 is 1.20 bits per heavy atom. The molecule has 1 saturated carbocycles. The summed E-state index contributed by atoms with van der Waals surface area (Å²) < 4.78 is 1.02. The number of anilines is 1. The first-order valence-electron chi connectivity index (χ1n) is 12.1. The number of benzene rings is 1. The number of nitrogens with zero attached hydrogens (tertiary/aromatic N) is 3. The summed E-state index contributed by atoms with van der Waals surface area (Å²) >= 11 is 8.02. The molecule has 2 aliphatic rings. The molecule has 2 fully saturated rings. The van der Waals surface area contributed by atoms with E-state index in [0.717, 1.165) is 60.0 Å². The van der Waals surface area contributed by atoms with Crippen molar-refractivity contribution in [2.45, 2.75) is 44.6 Å². The van der Waals surface area contributed by atoms with Gasteiger partial charge in [0.25, 0.3) is 5.91 Å². The Balaban J connectivity index is 1.22. The fourth-order valence-electron chi connectivity index (χ4n) is 4.50. The van der Waals surface area contributed by atoms with Crippen molar-refractivity contribution in [1.82, 2.24) is 20.2 Å². The number of hydrogen-bond donors (Lipinski definition) is 3. The first-order chi connectivity index (χ1) is 17.0. The van der Waals surface area contributed by atoms with Crippen LogP contribution in [0.25, 0.3) is 20.7 Å². The standard InChI is InChI=1S/C25H28ClN5O3S/c26-19-14-28-24(27-10-2-3-15-8-11-31(12-9-15)25(33)34)30-22(19)21-13-18-17(4-1-5-20(18)35-21)23(32)29-16-6-7-16/h1,4-5,13-16H,2-3,6-12H2,(H,29,32)(H,33,34)(H,27,28,30). The Bertz CT molecular complexity index is 1240. The van der Waals surface area contributed by atoms with Crippen LogP contribution in [-0.2, 0) is 0 Å². The van der Waals surface area contributed by atoms with Gasteiger partial charge in [-0.2, -0.15) is 0 Å². The van der Waals surface area contributed by atoms with Gasteiger partial charge in [-0.05, 0) is 62.6 Å². The third kappa shape index (κ3) is 5.67. The number of halogens is 1. The van der Waals surface area contributed by atoms with E-state index in [1.165, 1.54) is 4.90 Å². The molecule has 5 rings (SSSR count). The molecule has 10 heteroatoms. The summed E-state index contributed by atoms with van der Waals surface area (Å²) in [6.07, 6.45) is 6.72. The molecule has 1 aromatic carbocycles. The van der Waals surface area contributed by atoms with Gasteiger partial charge in [-0.3, -0.25) is 4.79 Å². The maximum atomic E-state index is 12.7. The lowest BCUT2D eigenvalue weighted by Crippen LogP contribution is -2.37. The molecule has 1 saturated heterocycles. The number of thiophene rings is 1. The number of hydrogen-bond acceptors (Lipinski definition) is 6. The van der Waals surface area contributed by atoms with E-state index < -0.39 is 6.09 Å². The fraction of sp³-hybridized carbons (Fsp3) is 0.440. The number of fused-ring (bicyclic) bond motifs is 1. The highest BCUT2D eigenvalue weighted by molar-refractivity contribution is 7.22. The Morgan fingerprint density at radius 3 is 2.74 bits per heavy atom. The van der Waals surface area contributed by atoms with Crippen molar-refractivity contribution in [2.24, 2.45) is 5.92 Å². The molecule has 3 N–H and O–H groups in total. The molecule has 1 aliphatic carbocycles. The Kier molecular flexibility index (Phi) is 7.06. The van der Waals surface area contributed by atoms with Crippen molar-refractivity contribution in [3.05, 3.63) is 41.0 Å². The summed E-state index contributed by atoms with van der Waals surface area (Å²) in [6, 6.07) is 8.06. The number of carbonyl (C=O) groups is 2. The van der Waals surface area contributed by atoms with Gasteiger partial charge in [-0.15, -0.1) is 11.3 Å². The molecule has 0 spiro atoms. The number of amides is 2. The average molecular weight is 514 g/mol. The van der Waals surface area contributed by atoms with Crippen LogP contribution in [0.1, 0.15) is 48.9 Å². The molecule has 2 aromatic heterocycles. The lowest BCUT2D eigenvalue weighted by molar-refractivity contribution is 0.0952. The molecule has 3 heterocycles. The van der Waals surface area contributed by atoms with Crippen LogP contribution < -0.4 is 10.6 Å². The summed E-state index contributed by atoms with van der Waals surface area (Å²) in [5.74, 6) is 1.04. The summed E-state index contributed by atoms with van der Waals surface area (Å²) in [6.45, 7) is 1.98. The first-order valence-corrected chi connectivity index (χ1v) is 13.3. The van der Waals surface area contributed by atoms with Crippen LogP contribution in [0, 0.1) is 5.92 Å². The molecule has 0 radical (unpaired) electrons. The Labute approximate surface area is 212 Å². The summed E-state index contributed by atoms with van der Waals surface area (Å²) in [4.78, 5) is 35.1. The van der Waals surface area contributed by atoms with Crippen molar-refractivity contribution >= 4 is 51.0 Å². The number of aromatic nitrogens is 2. The largest absolute Gasteiger partial charge is 0.465 e. The Hall–Kier alpha value is -2.91. The molecule has 1 aliphatic heterocycles. The average Bonchev–Trinajstić information content (AvgIpc) is 3.56. The molecular weight excluding hydrogens is 486 g/mol. The number of piperidine rings is 1. The molecular formula is C25H28ClN5O3S. The van der Waals surface area contributed by atoms with Crippen LogP contribution in [0.2, 0.25) is 5.02 Å². The zero-order chi connectivity index (χ0) is 24.4. The fourth-order valence-corrected chi connectivity index (χ4v) is 5.84. The van der Waals surface area contributed by atoms with Gasteiger partial charge in [0.1, 0.15) is 5.69 Å². The van der Waals surface area contributed by atoms with Crippen molar-refractivity contribution in [1.29, 1.82) is 0 Å². The second kappa shape index (κ2) is 10.4. The second-order valence-corrected chi connectivity index (χ2v) is 10.7. The van der Waals surface area contributed by atoms with Gasteiger partial charge >= 0.3 is 6.09 Å². The molecule has 0 unspecified atom stereocenters. The SMILES string of the molecule is O=C(NC1CC1)c1cccc2sc(-c3nc(NCCCC4CCN(C(=O)O)CC4)ncc3Cl)cc12. The zero-order valence-corrected chi connectivity index (χ0v) is 20.9. The molecule has 0 bridgehead atoms. The summed E-state index contributed by atoms with van der Waals surface area (Å²) in [7, 11) is 0. The van der Waals surface area contributed by atoms with E-state index in [9.17, 15) is 9.59 Å². The highest BCUT2D eigenvalue weighted by atomic mass is 35.5. The lowest BCUT2D eigenvalue weighted by Gasteiger charge is -2.29. The van der Waals surface area contributed by atoms with Crippen LogP contribution >= 0.6 is 22.9 Å². The molecule has 35 heavy (non-hydrogen) atoms. The van der Waals surface area contributed by atoms with E-state index in [1.807, 2.05) is 24.3 Å². The highest BCUT2D eigenvalue weighted by Gasteiger charge is 2.25. The topological polar surface area (TPSA) is 107 Å². The zero-order valence-electron chi connectivity index (χ0n) is 19.3. The van der Waals surface area contributed by atoms with Gasteiger partial charge in [0.15, 0.2) is 0 Å². The molecule has 8 nitrogen and oxygen atoms in total. The second-order valence-electron chi connectivity index (χ2n) is 9.25. The van der Waals surface area contributed by atoms with Crippen molar-refractivity contribution < 1.29 is 14.7 Å². The molecule has 0 atom stereocenters. The minimum Gasteiger partial charge on any atom is -0.465 e. The van der Waals surface area contributed by atoms with Crippen molar-refractivity contribution in [3.63, 3.8) is 0 Å². The normalized spacial score (nSPS) is 16.4. The van der Waals surface area contributed by atoms with Gasteiger partial charge in [0.05, 0.1) is 16.1 Å². The number of carboxylic acid groups (broad SMARTS) is 1. The van der Waals surface area contributed by atoms with Crippen LogP contribution in [0.3, 0.4) is 0 Å². The predicted octanol–water partition coefficient (Wildman–Crippen LogP) is 5.49. The van der Waals surface area contributed by atoms with Crippen LogP contribution in [-0.4, -0.2) is 57.7 Å². The van der Waals surface area contributed by atoms with Gasteiger partial charge in [-0.1, -0.05) is 17.7 Å². The maximum Gasteiger partial charge on any atom is 0.407 e. The van der Waals surface area contributed by atoms with Gasteiger partial charge < -0.3 is 20.6 Å². The molecule has 3 aromatic rings. The quantitative estimate of drug-likeness (QED) is 0.344. The predicted molar refractivity (Wildman–Crippen MR) is 138 cm³/mol. The van der Waals surface area contributed by atoms with Gasteiger partial charge in [0, 0.05) is 41.3 Å². The monoisotopic (exact) mass is 513 g/mol. The van der Waals surface area contributed by atoms with Crippen LogP contribution in [0.4, 0.5) is 10.7 Å². The van der Waals surface area contributed by atoms with Gasteiger partial charge in [0.2, 0.25) is 5.95 Å². The number of likely N-dealkylation sites (tertiary alicyclic amines) is 1. The van der Waals surface area contributed by atoms with E-state index in [1.54, 1.807) is 17.5 Å². The molecule has 184 valence electrons. The highest BCUT2D eigenvalue weighted by Crippen LogP contribution is 2.37. The van der Waals surface area contributed by atoms with Gasteiger partial charge in [-0.25, -0.2) is 14.8 Å². The smallest absolute Gasteiger partial charge is 0.407 e. The number of carbonyl (C=O) groups excluding carboxylic acids is 1. The maximum absolute atomic E-state index is 12.7. The summed E-state index contributed by atoms with van der Waals surface area (Å²) in [5, 5.41) is 16.8. The lowest BCUT2D eigenvalue weighted by atomic mass is 9.92. The third-order valence-corrected chi connectivity index (χ3v) is 8.04.